The first-order chi connectivity index (χ1) is 11.1. The standard InChI is InChI=1S/C22H26Si/c1-5-19-10-9-13-22(19)23(4,20-11-7-6-8-12-20)21-15-17(2)14-18(3)16-21/h6-12,14-16H,5,13H2,1-4H3. The van der Waals surface area contributed by atoms with E-state index in [-0.39, 0.29) is 0 Å². The molecule has 0 spiro atoms. The van der Waals surface area contributed by atoms with Crippen molar-refractivity contribution in [3.8, 4) is 0 Å². The number of hydrogen-bond acceptors (Lipinski definition) is 0. The van der Waals surface area contributed by atoms with Crippen LogP contribution in [-0.2, 0) is 0 Å². The van der Waals surface area contributed by atoms with E-state index in [4.69, 9.17) is 0 Å². The average Bonchev–Trinajstić information content (AvgIpc) is 3.03. The Kier molecular flexibility index (Phi) is 4.41. The van der Waals surface area contributed by atoms with Crippen molar-refractivity contribution in [2.75, 3.05) is 0 Å². The Morgan fingerprint density at radius 1 is 0.913 bits per heavy atom. The first kappa shape index (κ1) is 16.0. The Balaban J connectivity index is 2.27. The second-order valence-electron chi connectivity index (χ2n) is 6.83. The van der Waals surface area contributed by atoms with E-state index in [0.717, 1.165) is 12.8 Å². The van der Waals surface area contributed by atoms with Crippen molar-refractivity contribution in [2.24, 2.45) is 0 Å². The van der Waals surface area contributed by atoms with Gasteiger partial charge < -0.3 is 0 Å². The molecule has 0 radical (unpaired) electrons. The number of aryl methyl sites for hydroxylation is 2. The van der Waals surface area contributed by atoms with E-state index < -0.39 is 8.07 Å². The number of benzene rings is 2. The zero-order chi connectivity index (χ0) is 16.4. The van der Waals surface area contributed by atoms with E-state index >= 15 is 0 Å². The number of hydrogen-bond donors (Lipinski definition) is 0. The number of rotatable bonds is 4. The van der Waals surface area contributed by atoms with Crippen LogP contribution >= 0.6 is 0 Å². The normalized spacial score (nSPS) is 16.7. The van der Waals surface area contributed by atoms with Crippen LogP contribution in [0.4, 0.5) is 0 Å². The summed E-state index contributed by atoms with van der Waals surface area (Å²) in [5.74, 6) is 0. The summed E-state index contributed by atoms with van der Waals surface area (Å²) in [5, 5.41) is 4.76. The monoisotopic (exact) mass is 318 g/mol. The lowest BCUT2D eigenvalue weighted by Gasteiger charge is -2.32. The van der Waals surface area contributed by atoms with E-state index in [9.17, 15) is 0 Å². The highest BCUT2D eigenvalue weighted by Gasteiger charge is 2.37. The first-order valence-electron chi connectivity index (χ1n) is 8.59. The van der Waals surface area contributed by atoms with E-state index in [1.54, 1.807) is 16.0 Å². The summed E-state index contributed by atoms with van der Waals surface area (Å²) in [6, 6.07) is 18.3. The molecule has 1 atom stereocenters. The van der Waals surface area contributed by atoms with Gasteiger partial charge in [0.25, 0.3) is 0 Å². The summed E-state index contributed by atoms with van der Waals surface area (Å²) in [7, 11) is -1.90. The van der Waals surface area contributed by atoms with Crippen molar-refractivity contribution in [2.45, 2.75) is 40.2 Å². The SMILES string of the molecule is CCC1=C([Si](C)(c2ccccc2)c2cc(C)cc(C)c2)CC=C1. The Hall–Kier alpha value is -1.86. The van der Waals surface area contributed by atoms with Gasteiger partial charge in [0.1, 0.15) is 8.07 Å². The molecular formula is C22H26Si. The molecule has 0 amide bonds. The molecule has 0 N–H and O–H groups in total. The average molecular weight is 319 g/mol. The molecule has 118 valence electrons. The van der Waals surface area contributed by atoms with Crippen LogP contribution in [0.5, 0.6) is 0 Å². The predicted octanol–water partition coefficient (Wildman–Crippen LogP) is 4.70. The second kappa shape index (κ2) is 6.33. The van der Waals surface area contributed by atoms with Gasteiger partial charge in [-0.2, -0.15) is 0 Å². The third-order valence-corrected chi connectivity index (χ3v) is 9.83. The molecule has 0 aromatic heterocycles. The van der Waals surface area contributed by atoms with Gasteiger partial charge in [0.15, 0.2) is 0 Å². The first-order valence-corrected chi connectivity index (χ1v) is 11.1. The van der Waals surface area contributed by atoms with Crippen LogP contribution in [0.3, 0.4) is 0 Å². The van der Waals surface area contributed by atoms with Crippen LogP contribution in [0.15, 0.2) is 71.5 Å². The summed E-state index contributed by atoms with van der Waals surface area (Å²) in [6.07, 6.45) is 6.96. The van der Waals surface area contributed by atoms with Gasteiger partial charge in [-0.3, -0.25) is 0 Å². The van der Waals surface area contributed by atoms with Gasteiger partial charge in [-0.05, 0) is 37.1 Å². The summed E-state index contributed by atoms with van der Waals surface area (Å²) >= 11 is 0. The van der Waals surface area contributed by atoms with Crippen molar-refractivity contribution >= 4 is 18.4 Å². The van der Waals surface area contributed by atoms with Crippen molar-refractivity contribution in [3.63, 3.8) is 0 Å². The van der Waals surface area contributed by atoms with Crippen LogP contribution in [0, 0.1) is 13.8 Å². The van der Waals surface area contributed by atoms with Crippen LogP contribution in [-0.4, -0.2) is 8.07 Å². The van der Waals surface area contributed by atoms with Gasteiger partial charge in [-0.1, -0.05) is 96.1 Å². The Morgan fingerprint density at radius 3 is 2.17 bits per heavy atom. The van der Waals surface area contributed by atoms with Gasteiger partial charge >= 0.3 is 0 Å². The molecule has 23 heavy (non-hydrogen) atoms. The lowest BCUT2D eigenvalue weighted by molar-refractivity contribution is 1.14. The van der Waals surface area contributed by atoms with Crippen LogP contribution in [0.2, 0.25) is 6.55 Å². The topological polar surface area (TPSA) is 0 Å². The van der Waals surface area contributed by atoms with E-state index in [0.29, 0.717) is 0 Å². The molecule has 0 saturated carbocycles. The smallest absolute Gasteiger partial charge is 0.0806 e. The summed E-state index contributed by atoms with van der Waals surface area (Å²) < 4.78 is 0. The van der Waals surface area contributed by atoms with Gasteiger partial charge in [0.05, 0.1) is 0 Å². The molecule has 0 aliphatic heterocycles. The lowest BCUT2D eigenvalue weighted by atomic mass is 10.2. The van der Waals surface area contributed by atoms with E-state index in [2.05, 4.69) is 88.0 Å². The predicted molar refractivity (Wildman–Crippen MR) is 104 cm³/mol. The van der Waals surface area contributed by atoms with Gasteiger partial charge in [0, 0.05) is 0 Å². The largest absolute Gasteiger partial charge is 0.141 e. The third-order valence-electron chi connectivity index (χ3n) is 5.16. The quantitative estimate of drug-likeness (QED) is 0.717. The molecule has 0 heterocycles. The fourth-order valence-electron chi connectivity index (χ4n) is 3.96. The number of allylic oxidation sites excluding steroid dienone is 4. The molecule has 0 fully saturated rings. The Bertz CT molecular complexity index is 748. The van der Waals surface area contributed by atoms with Crippen molar-refractivity contribution in [3.05, 3.63) is 82.6 Å². The van der Waals surface area contributed by atoms with Crippen LogP contribution in [0.25, 0.3) is 0 Å². The summed E-state index contributed by atoms with van der Waals surface area (Å²) in [4.78, 5) is 0. The van der Waals surface area contributed by atoms with E-state index in [1.807, 2.05) is 0 Å². The fourth-order valence-corrected chi connectivity index (χ4v) is 8.31. The summed E-state index contributed by atoms with van der Waals surface area (Å²) in [6.45, 7) is 9.26. The zero-order valence-electron chi connectivity index (χ0n) is 14.7. The van der Waals surface area contributed by atoms with E-state index in [1.165, 1.54) is 16.3 Å². The van der Waals surface area contributed by atoms with Crippen LogP contribution in [0.1, 0.15) is 30.9 Å². The molecule has 0 nitrogen and oxygen atoms in total. The third kappa shape index (κ3) is 2.86. The molecule has 0 saturated heterocycles. The zero-order valence-corrected chi connectivity index (χ0v) is 15.7. The minimum absolute atomic E-state index is 1.12. The minimum atomic E-state index is -1.90. The molecule has 1 unspecified atom stereocenters. The Labute approximate surface area is 141 Å². The maximum Gasteiger partial charge on any atom is 0.141 e. The highest BCUT2D eigenvalue weighted by molar-refractivity contribution is 7.06. The molecule has 1 aliphatic rings. The van der Waals surface area contributed by atoms with Gasteiger partial charge in [0.2, 0.25) is 0 Å². The fraction of sp³-hybridized carbons (Fsp3) is 0.273. The maximum atomic E-state index is 2.54. The molecule has 0 bridgehead atoms. The molecule has 1 aliphatic carbocycles. The molecule has 3 rings (SSSR count). The highest BCUT2D eigenvalue weighted by atomic mass is 28.3. The maximum absolute atomic E-state index is 2.54. The molecule has 2 aromatic rings. The minimum Gasteiger partial charge on any atom is -0.0806 e. The van der Waals surface area contributed by atoms with Crippen molar-refractivity contribution in [1.82, 2.24) is 0 Å². The van der Waals surface area contributed by atoms with Crippen LogP contribution < -0.4 is 10.4 Å². The van der Waals surface area contributed by atoms with Gasteiger partial charge in [-0.15, -0.1) is 0 Å². The molecule has 1 heteroatoms. The molecular weight excluding hydrogens is 292 g/mol. The van der Waals surface area contributed by atoms with Crippen molar-refractivity contribution < 1.29 is 0 Å². The highest BCUT2D eigenvalue weighted by Crippen LogP contribution is 2.30. The lowest BCUT2D eigenvalue weighted by Crippen LogP contribution is -2.57. The van der Waals surface area contributed by atoms with Gasteiger partial charge in [-0.25, -0.2) is 0 Å². The second-order valence-corrected chi connectivity index (χ2v) is 10.8. The Morgan fingerprint density at radius 2 is 1.57 bits per heavy atom. The van der Waals surface area contributed by atoms with Crippen molar-refractivity contribution in [1.29, 1.82) is 0 Å². The molecule has 2 aromatic carbocycles. The summed E-state index contributed by atoms with van der Waals surface area (Å²) in [5.41, 5.74) is 4.31.